The van der Waals surface area contributed by atoms with E-state index in [0.717, 1.165) is 0 Å². The second-order valence-electron chi connectivity index (χ2n) is 3.84. The van der Waals surface area contributed by atoms with E-state index in [1.165, 1.54) is 16.7 Å². The summed E-state index contributed by atoms with van der Waals surface area (Å²) in [5, 5.41) is 18.8. The molecule has 2 heterocycles. The summed E-state index contributed by atoms with van der Waals surface area (Å²) in [4.78, 5) is 28.9. The Kier molecular flexibility index (Phi) is 3.53. The number of rotatable bonds is 1. The van der Waals surface area contributed by atoms with Crippen LogP contribution in [-0.4, -0.2) is 75.2 Å². The van der Waals surface area contributed by atoms with Crippen molar-refractivity contribution in [3.8, 4) is 0 Å². The number of nitrogens with zero attached hydrogens (tertiary/aromatic N) is 3. The Hall–Kier alpha value is -1.28. The molecule has 0 radical (unpaired) electrons. The van der Waals surface area contributed by atoms with Crippen LogP contribution < -0.4 is 0 Å². The molecule has 2 rings (SSSR count). The highest BCUT2D eigenvalue weighted by atomic mass is 32.2. The van der Waals surface area contributed by atoms with Gasteiger partial charge in [0.2, 0.25) is 0 Å². The Morgan fingerprint density at radius 1 is 1.53 bits per heavy atom. The molecule has 8 heteroatoms. The summed E-state index contributed by atoms with van der Waals surface area (Å²) in [5.41, 5.74) is 0. The van der Waals surface area contributed by atoms with Gasteiger partial charge < -0.3 is 15.1 Å². The predicted octanol–water partition coefficient (Wildman–Crippen LogP) is -0.728. The molecule has 0 aliphatic carbocycles. The van der Waals surface area contributed by atoms with Gasteiger partial charge in [-0.1, -0.05) is 11.8 Å². The molecule has 2 N–H and O–H groups in total. The third-order valence-corrected chi connectivity index (χ3v) is 3.75. The van der Waals surface area contributed by atoms with E-state index >= 15 is 0 Å². The Bertz CT molecular complexity index is 373. The molecule has 0 aromatic heterocycles. The molecule has 0 saturated carbocycles. The van der Waals surface area contributed by atoms with Gasteiger partial charge in [-0.15, -0.1) is 0 Å². The van der Waals surface area contributed by atoms with Gasteiger partial charge in [-0.05, 0) is 0 Å². The maximum Gasteiger partial charge on any atom is 0.407 e. The lowest BCUT2D eigenvalue weighted by molar-refractivity contribution is -0.115. The van der Waals surface area contributed by atoms with E-state index in [1.807, 2.05) is 4.90 Å². The van der Waals surface area contributed by atoms with Gasteiger partial charge in [0.1, 0.15) is 0 Å². The summed E-state index contributed by atoms with van der Waals surface area (Å²) in [7, 11) is 0. The average molecular weight is 259 g/mol. The first-order chi connectivity index (χ1) is 8.11. The first-order valence-corrected chi connectivity index (χ1v) is 6.20. The Balaban J connectivity index is 2.03. The molecule has 1 atom stereocenters. The van der Waals surface area contributed by atoms with Gasteiger partial charge in [0.15, 0.2) is 5.17 Å². The van der Waals surface area contributed by atoms with E-state index < -0.39 is 12.1 Å². The van der Waals surface area contributed by atoms with E-state index in [2.05, 4.69) is 4.99 Å². The number of piperazine rings is 1. The number of thioether (sulfide) groups is 1. The van der Waals surface area contributed by atoms with E-state index in [4.69, 9.17) is 5.11 Å². The normalized spacial score (nSPS) is 25.1. The maximum absolute atomic E-state index is 11.0. The fourth-order valence-electron chi connectivity index (χ4n) is 1.90. The fraction of sp³-hybridized carbons (Fsp3) is 0.667. The number of aliphatic imine (C=N–C) groups is 1. The number of carboxylic acid groups (broad SMARTS) is 1. The van der Waals surface area contributed by atoms with Crippen molar-refractivity contribution in [3.63, 3.8) is 0 Å². The van der Waals surface area contributed by atoms with Crippen molar-refractivity contribution in [3.05, 3.63) is 0 Å². The summed E-state index contributed by atoms with van der Waals surface area (Å²) < 4.78 is 0. The summed E-state index contributed by atoms with van der Waals surface area (Å²) in [6.45, 7) is 0.965. The molecule has 2 amide bonds. The highest BCUT2D eigenvalue weighted by molar-refractivity contribution is 8.14. The molecule has 2 aliphatic rings. The lowest BCUT2D eigenvalue weighted by atomic mass is 10.2. The number of aliphatic hydroxyl groups is 1. The summed E-state index contributed by atoms with van der Waals surface area (Å²) in [5.74, 6) is 0.185. The number of aliphatic hydroxyl groups excluding tert-OH is 1. The summed E-state index contributed by atoms with van der Waals surface area (Å²) in [6.07, 6.45) is -1.03. The molecule has 1 unspecified atom stereocenters. The van der Waals surface area contributed by atoms with Crippen molar-refractivity contribution in [1.29, 1.82) is 0 Å². The second-order valence-corrected chi connectivity index (χ2v) is 4.78. The number of carbonyl (C=O) groups excluding carboxylic acids is 1. The second kappa shape index (κ2) is 4.92. The van der Waals surface area contributed by atoms with Gasteiger partial charge in [-0.2, -0.15) is 4.99 Å². The van der Waals surface area contributed by atoms with Crippen LogP contribution in [0.3, 0.4) is 0 Å². The van der Waals surface area contributed by atoms with Crippen LogP contribution in [0.4, 0.5) is 4.79 Å². The van der Waals surface area contributed by atoms with Crippen LogP contribution in [0.2, 0.25) is 0 Å². The van der Waals surface area contributed by atoms with Crippen LogP contribution in [0, 0.1) is 0 Å². The highest BCUT2D eigenvalue weighted by Gasteiger charge is 2.32. The number of hydrogen-bond acceptors (Lipinski definition) is 5. The first kappa shape index (κ1) is 12.2. The van der Waals surface area contributed by atoms with Crippen molar-refractivity contribution in [2.45, 2.75) is 6.04 Å². The van der Waals surface area contributed by atoms with Gasteiger partial charge in [0.05, 0.1) is 18.4 Å². The van der Waals surface area contributed by atoms with Crippen LogP contribution >= 0.6 is 11.8 Å². The van der Waals surface area contributed by atoms with Gasteiger partial charge >= 0.3 is 6.09 Å². The van der Waals surface area contributed by atoms with Crippen molar-refractivity contribution < 1.29 is 19.8 Å². The van der Waals surface area contributed by atoms with Gasteiger partial charge in [-0.25, -0.2) is 4.79 Å². The van der Waals surface area contributed by atoms with Crippen molar-refractivity contribution in [2.75, 3.05) is 32.0 Å². The largest absolute Gasteiger partial charge is 0.465 e. The van der Waals surface area contributed by atoms with E-state index in [1.54, 1.807) is 0 Å². The molecule has 17 heavy (non-hydrogen) atoms. The fourth-order valence-corrected chi connectivity index (χ4v) is 2.73. The molecule has 1 saturated heterocycles. The van der Waals surface area contributed by atoms with Gasteiger partial charge in [0, 0.05) is 19.6 Å². The highest BCUT2D eigenvalue weighted by Crippen LogP contribution is 2.20. The van der Waals surface area contributed by atoms with Crippen molar-refractivity contribution >= 4 is 28.9 Å². The third kappa shape index (κ3) is 2.52. The SMILES string of the molecule is O=C1CSC(N2CCN(C(=O)O)C(CO)C2)=N1. The molecule has 0 bridgehead atoms. The van der Waals surface area contributed by atoms with Crippen LogP contribution in [0.25, 0.3) is 0 Å². The zero-order valence-corrected chi connectivity index (χ0v) is 9.89. The van der Waals surface area contributed by atoms with Crippen LogP contribution in [0.5, 0.6) is 0 Å². The van der Waals surface area contributed by atoms with E-state index in [9.17, 15) is 14.7 Å². The number of hydrogen-bond donors (Lipinski definition) is 2. The van der Waals surface area contributed by atoms with Crippen molar-refractivity contribution in [2.24, 2.45) is 4.99 Å². The Morgan fingerprint density at radius 2 is 2.29 bits per heavy atom. The molecule has 7 nitrogen and oxygen atoms in total. The maximum atomic E-state index is 11.0. The smallest absolute Gasteiger partial charge is 0.407 e. The first-order valence-electron chi connectivity index (χ1n) is 5.21. The monoisotopic (exact) mass is 259 g/mol. The Morgan fingerprint density at radius 3 is 2.82 bits per heavy atom. The van der Waals surface area contributed by atoms with E-state index in [-0.39, 0.29) is 12.5 Å². The summed E-state index contributed by atoms with van der Waals surface area (Å²) >= 11 is 1.36. The molecule has 1 fully saturated rings. The average Bonchev–Trinajstić information content (AvgIpc) is 2.75. The lowest BCUT2D eigenvalue weighted by Crippen LogP contribution is -2.57. The van der Waals surface area contributed by atoms with E-state index in [0.29, 0.717) is 30.6 Å². The molecule has 0 aromatic rings. The quantitative estimate of drug-likeness (QED) is 0.645. The van der Waals surface area contributed by atoms with Crippen LogP contribution in [-0.2, 0) is 4.79 Å². The summed E-state index contributed by atoms with van der Waals surface area (Å²) in [6, 6.07) is -0.458. The number of amides is 2. The van der Waals surface area contributed by atoms with Crippen LogP contribution in [0.1, 0.15) is 0 Å². The molecule has 0 spiro atoms. The van der Waals surface area contributed by atoms with Gasteiger partial charge in [-0.3, -0.25) is 9.69 Å². The van der Waals surface area contributed by atoms with Crippen LogP contribution in [0.15, 0.2) is 4.99 Å². The topological polar surface area (TPSA) is 93.4 Å². The minimum Gasteiger partial charge on any atom is -0.465 e. The molecular weight excluding hydrogens is 246 g/mol. The zero-order valence-electron chi connectivity index (χ0n) is 9.07. The van der Waals surface area contributed by atoms with Gasteiger partial charge in [0.25, 0.3) is 5.91 Å². The minimum atomic E-state index is -1.03. The number of carbonyl (C=O) groups is 2. The minimum absolute atomic E-state index is 0.161. The molecule has 0 aromatic carbocycles. The molecular formula is C9H13N3O4S. The standard InChI is InChI=1S/C9H13N3O4S/c13-4-6-3-11(1-2-12(6)9(15)16)8-10-7(14)5-17-8/h6,13H,1-5H2,(H,15,16). The third-order valence-electron chi connectivity index (χ3n) is 2.75. The lowest BCUT2D eigenvalue weighted by Gasteiger charge is -2.39. The predicted molar refractivity (Wildman–Crippen MR) is 62.1 cm³/mol. The van der Waals surface area contributed by atoms with Crippen molar-refractivity contribution in [1.82, 2.24) is 9.80 Å². The Labute approximate surface area is 102 Å². The molecule has 94 valence electrons. The zero-order chi connectivity index (χ0) is 12.4. The molecule has 2 aliphatic heterocycles. The number of amidine groups is 1.